The Morgan fingerprint density at radius 1 is 1.05 bits per heavy atom. The second-order valence-electron chi connectivity index (χ2n) is 12.5. The van der Waals surface area contributed by atoms with Crippen molar-refractivity contribution in [2.45, 2.75) is 70.8 Å². The van der Waals surface area contributed by atoms with Crippen LogP contribution in [0.3, 0.4) is 0 Å². The number of fused-ring (bicyclic) bond motifs is 5. The molecular formula is C28H31N3O7S. The molecule has 2 aromatic rings. The average Bonchev–Trinajstić information content (AvgIpc) is 3.06. The summed E-state index contributed by atoms with van der Waals surface area (Å²) in [6.07, 6.45) is 4.24. The van der Waals surface area contributed by atoms with Gasteiger partial charge in [0, 0.05) is 24.2 Å². The Hall–Kier alpha value is -3.31. The number of imide groups is 1. The highest BCUT2D eigenvalue weighted by Gasteiger charge is 2.54. The molecule has 2 amide bonds. The first-order chi connectivity index (χ1) is 18.2. The molecule has 1 N–H and O–H groups in total. The number of nitro benzene ring substituents is 1. The van der Waals surface area contributed by atoms with Crippen molar-refractivity contribution in [2.75, 3.05) is 6.54 Å². The van der Waals surface area contributed by atoms with Crippen LogP contribution < -0.4 is 8.91 Å². The highest BCUT2D eigenvalue weighted by molar-refractivity contribution is 7.85. The monoisotopic (exact) mass is 553 g/mol. The summed E-state index contributed by atoms with van der Waals surface area (Å²) in [5, 5.41) is 11.2. The number of carbonyl (C=O) groups excluding carboxylic acids is 2. The van der Waals surface area contributed by atoms with E-state index in [-0.39, 0.29) is 34.7 Å². The summed E-state index contributed by atoms with van der Waals surface area (Å²) < 4.78 is 32.9. The fourth-order valence-electron chi connectivity index (χ4n) is 7.78. The molecule has 2 aliphatic heterocycles. The highest BCUT2D eigenvalue weighted by atomic mass is 32.2. The standard InChI is InChI=1S/C28H31N3O7S/c1-26(2)21-12-16-6-9-23-27(3,10-5-11-28(23,4)20(16)14-22(21)38-39(36,37)29-26)15-30-24(32)18-8-7-17(31(34)35)13-19(18)25(30)33/h7-8,12-14,23,29H,5-6,9-11,15H2,1-4H3/t23-,27-,28+/m0/s1. The van der Waals surface area contributed by atoms with Crippen LogP contribution in [0.15, 0.2) is 30.3 Å². The molecule has 4 aliphatic rings. The number of rotatable bonds is 3. The largest absolute Gasteiger partial charge is 0.383 e. The van der Waals surface area contributed by atoms with Crippen molar-refractivity contribution in [2.24, 2.45) is 11.3 Å². The van der Waals surface area contributed by atoms with Gasteiger partial charge < -0.3 is 4.18 Å². The molecule has 0 bridgehead atoms. The van der Waals surface area contributed by atoms with E-state index in [4.69, 9.17) is 4.18 Å². The quantitative estimate of drug-likeness (QED) is 0.339. The molecule has 3 atom stereocenters. The topological polar surface area (TPSA) is 136 Å². The van der Waals surface area contributed by atoms with Gasteiger partial charge >= 0.3 is 10.3 Å². The molecule has 2 aliphatic carbocycles. The van der Waals surface area contributed by atoms with Crippen LogP contribution in [0.4, 0.5) is 5.69 Å². The highest BCUT2D eigenvalue weighted by Crippen LogP contribution is 2.59. The lowest BCUT2D eigenvalue weighted by Crippen LogP contribution is -2.54. The Morgan fingerprint density at radius 3 is 2.49 bits per heavy atom. The number of non-ortho nitro benzene ring substituents is 1. The van der Waals surface area contributed by atoms with Gasteiger partial charge in [0.2, 0.25) is 0 Å². The molecule has 206 valence electrons. The summed E-state index contributed by atoms with van der Waals surface area (Å²) in [5.41, 5.74) is 1.58. The number of carbonyl (C=O) groups is 2. The lowest BCUT2D eigenvalue weighted by molar-refractivity contribution is -0.384. The van der Waals surface area contributed by atoms with Gasteiger partial charge in [-0.05, 0) is 85.6 Å². The molecule has 1 saturated carbocycles. The Morgan fingerprint density at radius 2 is 1.77 bits per heavy atom. The van der Waals surface area contributed by atoms with Gasteiger partial charge in [0.15, 0.2) is 0 Å². The van der Waals surface area contributed by atoms with E-state index in [9.17, 15) is 28.1 Å². The van der Waals surface area contributed by atoms with E-state index in [2.05, 4.69) is 24.6 Å². The van der Waals surface area contributed by atoms with Gasteiger partial charge in [-0.1, -0.05) is 20.3 Å². The summed E-state index contributed by atoms with van der Waals surface area (Å²) >= 11 is 0. The number of hydrogen-bond acceptors (Lipinski definition) is 7. The van der Waals surface area contributed by atoms with Gasteiger partial charge in [-0.15, -0.1) is 0 Å². The molecule has 0 aromatic heterocycles. The minimum atomic E-state index is -3.94. The van der Waals surface area contributed by atoms with Crippen LogP contribution in [-0.2, 0) is 27.7 Å². The second kappa shape index (κ2) is 8.11. The first-order valence-corrected chi connectivity index (χ1v) is 14.6. The predicted molar refractivity (Wildman–Crippen MR) is 142 cm³/mol. The fraction of sp³-hybridized carbons (Fsp3) is 0.500. The summed E-state index contributed by atoms with van der Waals surface area (Å²) in [7, 11) is -3.94. The Kier molecular flexibility index (Phi) is 5.39. The normalized spacial score (nSPS) is 30.1. The lowest BCUT2D eigenvalue weighted by atomic mass is 9.49. The lowest BCUT2D eigenvalue weighted by Gasteiger charge is -2.56. The fourth-order valence-corrected chi connectivity index (χ4v) is 8.93. The van der Waals surface area contributed by atoms with E-state index in [1.807, 2.05) is 19.9 Å². The van der Waals surface area contributed by atoms with Crippen molar-refractivity contribution in [1.29, 1.82) is 0 Å². The smallest absolute Gasteiger partial charge is 0.371 e. The average molecular weight is 554 g/mol. The van der Waals surface area contributed by atoms with E-state index in [0.29, 0.717) is 5.75 Å². The minimum Gasteiger partial charge on any atom is -0.371 e. The number of nitro groups is 1. The molecule has 39 heavy (non-hydrogen) atoms. The van der Waals surface area contributed by atoms with Crippen molar-refractivity contribution in [3.63, 3.8) is 0 Å². The first kappa shape index (κ1) is 25.9. The van der Waals surface area contributed by atoms with Gasteiger partial charge in [-0.2, -0.15) is 13.1 Å². The van der Waals surface area contributed by atoms with Crippen LogP contribution in [0, 0.1) is 21.4 Å². The third-order valence-corrected chi connectivity index (χ3v) is 10.7. The molecule has 0 unspecified atom stereocenters. The Labute approximate surface area is 227 Å². The first-order valence-electron chi connectivity index (χ1n) is 13.2. The number of benzene rings is 2. The van der Waals surface area contributed by atoms with E-state index >= 15 is 0 Å². The van der Waals surface area contributed by atoms with Crippen molar-refractivity contribution in [3.8, 4) is 5.75 Å². The molecule has 10 nitrogen and oxygen atoms in total. The van der Waals surface area contributed by atoms with Crippen molar-refractivity contribution in [1.82, 2.24) is 9.62 Å². The molecular weight excluding hydrogens is 522 g/mol. The van der Waals surface area contributed by atoms with E-state index in [1.54, 1.807) is 0 Å². The molecule has 0 radical (unpaired) electrons. The second-order valence-corrected chi connectivity index (χ2v) is 13.7. The number of hydrogen-bond donors (Lipinski definition) is 1. The SMILES string of the molecule is CC1(C)NS(=O)(=O)Oc2cc3c(cc21)CC[C@H]1[C@](C)(CN2C(=O)c4ccc([N+](=O)[O-])cc4C2=O)CCC[C@]31C. The summed E-state index contributed by atoms with van der Waals surface area (Å²) in [6.45, 7) is 8.18. The van der Waals surface area contributed by atoms with Gasteiger partial charge in [0.1, 0.15) is 5.75 Å². The van der Waals surface area contributed by atoms with Crippen LogP contribution in [-0.4, -0.2) is 36.6 Å². The third-order valence-electron chi connectivity index (χ3n) is 9.51. The van der Waals surface area contributed by atoms with E-state index < -0.39 is 38.0 Å². The maximum absolute atomic E-state index is 13.3. The maximum Gasteiger partial charge on any atom is 0.383 e. The zero-order valence-electron chi connectivity index (χ0n) is 22.4. The summed E-state index contributed by atoms with van der Waals surface area (Å²) in [6, 6.07) is 7.77. The van der Waals surface area contributed by atoms with Crippen LogP contribution in [0.1, 0.15) is 90.8 Å². The predicted octanol–water partition coefficient (Wildman–Crippen LogP) is 4.36. The molecule has 0 saturated heterocycles. The van der Waals surface area contributed by atoms with Crippen molar-refractivity contribution in [3.05, 3.63) is 68.3 Å². The molecule has 2 heterocycles. The zero-order valence-corrected chi connectivity index (χ0v) is 23.2. The van der Waals surface area contributed by atoms with Gasteiger partial charge in [0.25, 0.3) is 17.5 Å². The third kappa shape index (κ3) is 3.81. The molecule has 1 fully saturated rings. The Bertz CT molecular complexity index is 1580. The number of nitrogens with one attached hydrogen (secondary N) is 1. The van der Waals surface area contributed by atoms with Gasteiger partial charge in [0.05, 0.1) is 21.6 Å². The zero-order chi connectivity index (χ0) is 28.1. The number of aryl methyl sites for hydroxylation is 1. The Balaban J connectivity index is 1.36. The van der Waals surface area contributed by atoms with Gasteiger partial charge in [-0.25, -0.2) is 0 Å². The summed E-state index contributed by atoms with van der Waals surface area (Å²) in [5.74, 6) is -0.453. The van der Waals surface area contributed by atoms with Crippen molar-refractivity contribution >= 4 is 27.8 Å². The minimum absolute atomic E-state index is 0.0755. The molecule has 6 rings (SSSR count). The molecule has 2 aromatic carbocycles. The van der Waals surface area contributed by atoms with Crippen LogP contribution in [0.25, 0.3) is 0 Å². The number of nitrogens with zero attached hydrogens (tertiary/aromatic N) is 2. The van der Waals surface area contributed by atoms with Gasteiger partial charge in [-0.3, -0.25) is 24.6 Å². The maximum atomic E-state index is 13.3. The van der Waals surface area contributed by atoms with Crippen molar-refractivity contribution < 1.29 is 27.1 Å². The van der Waals surface area contributed by atoms with E-state index in [1.165, 1.54) is 28.7 Å². The van der Waals surface area contributed by atoms with Crippen LogP contribution >= 0.6 is 0 Å². The molecule has 11 heteroatoms. The molecule has 0 spiro atoms. The number of amides is 2. The van der Waals surface area contributed by atoms with Crippen LogP contribution in [0.2, 0.25) is 0 Å². The van der Waals surface area contributed by atoms with E-state index in [0.717, 1.165) is 43.2 Å². The summed E-state index contributed by atoms with van der Waals surface area (Å²) in [4.78, 5) is 38.5. The van der Waals surface area contributed by atoms with Crippen LogP contribution in [0.5, 0.6) is 5.75 Å².